The Kier molecular flexibility index (Phi) is 4.48. The molecular formula is C18H16F3N3O. The molecule has 1 unspecified atom stereocenters. The predicted octanol–water partition coefficient (Wildman–Crippen LogP) is 4.30. The number of aliphatic imine (C=N–C) groups is 1. The standard InChI is InChI=1S/C18H16F3N3O/c1-12-11-24(15-7-4-6-14(9-15)18(19,20)21)23-17(12)22-10-13-5-2-3-8-16(13)25/h2-10,12,25H,11H2,1H3. The fraction of sp³-hybridized carbons (Fsp3) is 0.222. The Bertz CT molecular complexity index is 830. The van der Waals surface area contributed by atoms with Crippen molar-refractivity contribution in [1.29, 1.82) is 0 Å². The molecule has 3 rings (SSSR count). The van der Waals surface area contributed by atoms with Crippen molar-refractivity contribution in [2.24, 2.45) is 16.0 Å². The van der Waals surface area contributed by atoms with E-state index in [1.807, 2.05) is 6.92 Å². The second-order valence-corrected chi connectivity index (χ2v) is 5.81. The molecule has 1 heterocycles. The van der Waals surface area contributed by atoms with Crippen LogP contribution in [-0.2, 0) is 6.18 Å². The van der Waals surface area contributed by atoms with Crippen molar-refractivity contribution in [3.05, 3.63) is 59.7 Å². The molecule has 130 valence electrons. The highest BCUT2D eigenvalue weighted by molar-refractivity contribution is 5.98. The topological polar surface area (TPSA) is 48.2 Å². The Morgan fingerprint density at radius 1 is 1.20 bits per heavy atom. The Morgan fingerprint density at radius 2 is 1.96 bits per heavy atom. The fourth-order valence-electron chi connectivity index (χ4n) is 2.50. The van der Waals surface area contributed by atoms with Gasteiger partial charge in [-0.2, -0.15) is 18.3 Å². The van der Waals surface area contributed by atoms with Gasteiger partial charge in [0, 0.05) is 17.7 Å². The minimum atomic E-state index is -4.39. The summed E-state index contributed by atoms with van der Waals surface area (Å²) in [5.41, 5.74) is 0.211. The zero-order valence-corrected chi connectivity index (χ0v) is 13.4. The lowest BCUT2D eigenvalue weighted by Gasteiger charge is -2.16. The van der Waals surface area contributed by atoms with Crippen LogP contribution in [0.15, 0.2) is 58.6 Å². The summed E-state index contributed by atoms with van der Waals surface area (Å²) in [5, 5.41) is 15.6. The maximum absolute atomic E-state index is 12.9. The third kappa shape index (κ3) is 3.81. The van der Waals surface area contributed by atoms with Crippen LogP contribution in [0.3, 0.4) is 0 Å². The van der Waals surface area contributed by atoms with E-state index in [0.29, 0.717) is 23.6 Å². The number of benzene rings is 2. The molecule has 0 amide bonds. The molecule has 7 heteroatoms. The van der Waals surface area contributed by atoms with Crippen molar-refractivity contribution in [3.8, 4) is 5.75 Å². The molecule has 0 fully saturated rings. The second-order valence-electron chi connectivity index (χ2n) is 5.81. The van der Waals surface area contributed by atoms with E-state index in [0.717, 1.165) is 12.1 Å². The average molecular weight is 347 g/mol. The van der Waals surface area contributed by atoms with Gasteiger partial charge in [0.25, 0.3) is 0 Å². The summed E-state index contributed by atoms with van der Waals surface area (Å²) < 4.78 is 38.6. The molecule has 4 nitrogen and oxygen atoms in total. The number of phenolic OH excluding ortho intramolecular Hbond substituents is 1. The van der Waals surface area contributed by atoms with E-state index in [1.54, 1.807) is 30.3 Å². The summed E-state index contributed by atoms with van der Waals surface area (Å²) in [6.07, 6.45) is -2.89. The third-order valence-corrected chi connectivity index (χ3v) is 3.85. The SMILES string of the molecule is CC1CN(c2cccc(C(F)(F)F)c2)N=C1N=Cc1ccccc1O. The highest BCUT2D eigenvalue weighted by Gasteiger charge is 2.31. The minimum absolute atomic E-state index is 0.0448. The van der Waals surface area contributed by atoms with Gasteiger partial charge in [0.2, 0.25) is 0 Å². The van der Waals surface area contributed by atoms with Crippen molar-refractivity contribution >= 4 is 17.7 Å². The van der Waals surface area contributed by atoms with E-state index in [-0.39, 0.29) is 11.7 Å². The number of phenols is 1. The number of anilines is 1. The van der Waals surface area contributed by atoms with Crippen LogP contribution in [0, 0.1) is 5.92 Å². The number of alkyl halides is 3. The molecule has 0 saturated carbocycles. The van der Waals surface area contributed by atoms with E-state index in [4.69, 9.17) is 0 Å². The van der Waals surface area contributed by atoms with Gasteiger partial charge in [0.1, 0.15) is 5.75 Å². The van der Waals surface area contributed by atoms with Crippen LogP contribution in [0.5, 0.6) is 5.75 Å². The summed E-state index contributed by atoms with van der Waals surface area (Å²) in [6.45, 7) is 2.34. The number of para-hydroxylation sites is 1. The van der Waals surface area contributed by atoms with E-state index < -0.39 is 11.7 Å². The Labute approximate surface area is 142 Å². The molecule has 0 radical (unpaired) electrons. The van der Waals surface area contributed by atoms with Crippen molar-refractivity contribution in [2.45, 2.75) is 13.1 Å². The monoisotopic (exact) mass is 347 g/mol. The van der Waals surface area contributed by atoms with Crippen LogP contribution in [0.1, 0.15) is 18.1 Å². The average Bonchev–Trinajstić information content (AvgIpc) is 2.94. The molecule has 0 bridgehead atoms. The Hall–Kier alpha value is -2.83. The van der Waals surface area contributed by atoms with Crippen molar-refractivity contribution in [2.75, 3.05) is 11.6 Å². The lowest BCUT2D eigenvalue weighted by atomic mass is 10.1. The van der Waals surface area contributed by atoms with Crippen molar-refractivity contribution in [1.82, 2.24) is 0 Å². The van der Waals surface area contributed by atoms with Crippen LogP contribution in [0.25, 0.3) is 0 Å². The Balaban J connectivity index is 1.83. The molecule has 0 aliphatic carbocycles. The van der Waals surface area contributed by atoms with Crippen LogP contribution in [0.4, 0.5) is 18.9 Å². The summed E-state index contributed by atoms with van der Waals surface area (Å²) in [7, 11) is 0. The normalized spacial score (nSPS) is 18.0. The molecule has 2 aromatic carbocycles. The highest BCUT2D eigenvalue weighted by atomic mass is 19.4. The summed E-state index contributed by atoms with van der Waals surface area (Å²) in [6, 6.07) is 11.8. The number of hydrogen-bond donors (Lipinski definition) is 1. The number of nitrogens with zero attached hydrogens (tertiary/aromatic N) is 3. The molecule has 1 aliphatic rings. The molecule has 0 saturated heterocycles. The second kappa shape index (κ2) is 6.58. The first-order valence-corrected chi connectivity index (χ1v) is 7.70. The summed E-state index contributed by atoms with van der Waals surface area (Å²) >= 11 is 0. The lowest BCUT2D eigenvalue weighted by molar-refractivity contribution is -0.137. The largest absolute Gasteiger partial charge is 0.507 e. The molecule has 0 spiro atoms. The van der Waals surface area contributed by atoms with Crippen molar-refractivity contribution in [3.63, 3.8) is 0 Å². The van der Waals surface area contributed by atoms with Gasteiger partial charge in [0.15, 0.2) is 5.84 Å². The third-order valence-electron chi connectivity index (χ3n) is 3.85. The number of hydrazone groups is 1. The quantitative estimate of drug-likeness (QED) is 0.824. The predicted molar refractivity (Wildman–Crippen MR) is 91.1 cm³/mol. The molecule has 2 aromatic rings. The van der Waals surface area contributed by atoms with Gasteiger partial charge >= 0.3 is 6.18 Å². The summed E-state index contributed by atoms with van der Waals surface area (Å²) in [4.78, 5) is 4.28. The molecule has 0 aromatic heterocycles. The van der Waals surface area contributed by atoms with Gasteiger partial charge in [0.05, 0.1) is 17.8 Å². The zero-order valence-electron chi connectivity index (χ0n) is 13.4. The van der Waals surface area contributed by atoms with Gasteiger partial charge in [-0.15, -0.1) is 0 Å². The van der Waals surface area contributed by atoms with Gasteiger partial charge < -0.3 is 5.11 Å². The van der Waals surface area contributed by atoms with Crippen LogP contribution in [-0.4, -0.2) is 23.7 Å². The molecule has 1 atom stereocenters. The van der Waals surface area contributed by atoms with Crippen LogP contribution in [0.2, 0.25) is 0 Å². The van der Waals surface area contributed by atoms with E-state index in [1.165, 1.54) is 17.3 Å². The number of amidine groups is 1. The number of rotatable bonds is 2. The first-order chi connectivity index (χ1) is 11.8. The van der Waals surface area contributed by atoms with Gasteiger partial charge in [-0.3, -0.25) is 5.01 Å². The van der Waals surface area contributed by atoms with Gasteiger partial charge in [-0.05, 0) is 30.3 Å². The minimum Gasteiger partial charge on any atom is -0.507 e. The molecule has 25 heavy (non-hydrogen) atoms. The lowest BCUT2D eigenvalue weighted by Crippen LogP contribution is -2.17. The number of halogens is 3. The Morgan fingerprint density at radius 3 is 2.68 bits per heavy atom. The van der Waals surface area contributed by atoms with E-state index in [2.05, 4.69) is 10.1 Å². The zero-order chi connectivity index (χ0) is 18.0. The van der Waals surface area contributed by atoms with Crippen LogP contribution < -0.4 is 5.01 Å². The van der Waals surface area contributed by atoms with Gasteiger partial charge in [-0.1, -0.05) is 25.1 Å². The first-order valence-electron chi connectivity index (χ1n) is 7.70. The summed E-state index contributed by atoms with van der Waals surface area (Å²) in [5.74, 6) is 0.560. The first kappa shape index (κ1) is 17.0. The number of aromatic hydroxyl groups is 1. The maximum atomic E-state index is 12.9. The van der Waals surface area contributed by atoms with Crippen molar-refractivity contribution < 1.29 is 18.3 Å². The van der Waals surface area contributed by atoms with E-state index >= 15 is 0 Å². The molecular weight excluding hydrogens is 331 g/mol. The highest BCUT2D eigenvalue weighted by Crippen LogP contribution is 2.32. The van der Waals surface area contributed by atoms with Gasteiger partial charge in [-0.25, -0.2) is 4.99 Å². The smallest absolute Gasteiger partial charge is 0.416 e. The molecule has 1 aliphatic heterocycles. The van der Waals surface area contributed by atoms with E-state index in [9.17, 15) is 18.3 Å². The fourth-order valence-corrected chi connectivity index (χ4v) is 2.50. The molecule has 1 N–H and O–H groups in total. The van der Waals surface area contributed by atoms with Crippen LogP contribution >= 0.6 is 0 Å². The maximum Gasteiger partial charge on any atom is 0.416 e. The number of hydrogen-bond acceptors (Lipinski definition) is 4.